The Morgan fingerprint density at radius 1 is 0.923 bits per heavy atom. The molecule has 3 heteroatoms. The number of fused-ring (bicyclic) bond motifs is 4. The van der Waals surface area contributed by atoms with Crippen LogP contribution in [0.15, 0.2) is 5.18 Å². The zero-order valence-electron chi connectivity index (χ0n) is 7.66. The Kier molecular flexibility index (Phi) is 2.11. The fraction of sp³-hybridized carbons (Fsp3) is 1.00. The summed E-state index contributed by atoms with van der Waals surface area (Å²) in [7, 11) is 0. The zero-order chi connectivity index (χ0) is 8.84. The third-order valence-corrected chi connectivity index (χ3v) is 7.72. The average molecular weight is 292 g/mol. The normalized spacial score (nSPS) is 54.0. The van der Waals surface area contributed by atoms with Crippen molar-refractivity contribution in [3.8, 4) is 0 Å². The summed E-state index contributed by atoms with van der Waals surface area (Å²) < 4.78 is 1.67. The molecule has 0 bridgehead atoms. The molecule has 0 aromatic carbocycles. The van der Waals surface area contributed by atoms with E-state index in [1.165, 1.54) is 23.7 Å². The molecular weight excluding hydrogens is 277 g/mol. The van der Waals surface area contributed by atoms with Crippen molar-refractivity contribution < 1.29 is 21.2 Å². The molecule has 2 nitrogen and oxygen atoms in total. The van der Waals surface area contributed by atoms with Gasteiger partial charge in [-0.25, -0.2) is 0 Å². The molecule has 2 saturated carbocycles. The molecule has 4 unspecified atom stereocenters. The first-order valence-electron chi connectivity index (χ1n) is 5.30. The van der Waals surface area contributed by atoms with Crippen molar-refractivity contribution in [2.45, 2.75) is 29.7 Å². The van der Waals surface area contributed by atoms with E-state index < -0.39 is 0 Å². The summed E-state index contributed by atoms with van der Waals surface area (Å²) in [5, 5.41) is 3.27. The van der Waals surface area contributed by atoms with E-state index in [2.05, 4.69) is 5.18 Å². The van der Waals surface area contributed by atoms with Gasteiger partial charge in [-0.05, 0) is 0 Å². The molecule has 1 aliphatic heterocycles. The summed E-state index contributed by atoms with van der Waals surface area (Å²) in [6.07, 6.45) is 5.43. The monoisotopic (exact) mass is 292 g/mol. The molecule has 0 aromatic rings. The first kappa shape index (κ1) is 8.62. The predicted octanol–water partition coefficient (Wildman–Crippen LogP) is -0.766. The summed E-state index contributed by atoms with van der Waals surface area (Å²) >= 11 is 0.113. The predicted molar refractivity (Wildman–Crippen MR) is 46.9 cm³/mol. The van der Waals surface area contributed by atoms with E-state index in [0.29, 0.717) is 0 Å². The molecule has 74 valence electrons. The maximum absolute atomic E-state index is 10.5. The molecule has 1 heterocycles. The minimum absolute atomic E-state index is 0.113. The van der Waals surface area contributed by atoms with Gasteiger partial charge in [0.2, 0.25) is 0 Å². The maximum atomic E-state index is 10.5. The summed E-state index contributed by atoms with van der Waals surface area (Å²) in [5.41, 5.74) is 0. The van der Waals surface area contributed by atoms with Crippen LogP contribution in [-0.4, -0.2) is 8.48 Å². The quantitative estimate of drug-likeness (QED) is 0.270. The van der Waals surface area contributed by atoms with Crippen molar-refractivity contribution >= 4 is 0 Å². The summed E-state index contributed by atoms with van der Waals surface area (Å²) in [6.45, 7) is 0. The Bertz CT molecular complexity index is 213. The van der Waals surface area contributed by atoms with Gasteiger partial charge in [0.25, 0.3) is 0 Å². The molecular formula is C10H15INO-. The number of rotatable bonds is 1. The van der Waals surface area contributed by atoms with Crippen LogP contribution in [0.2, 0.25) is 0 Å². The van der Waals surface area contributed by atoms with Gasteiger partial charge >= 0.3 is 89.1 Å². The van der Waals surface area contributed by atoms with Crippen LogP contribution in [-0.2, 0) is 0 Å². The van der Waals surface area contributed by atoms with Crippen molar-refractivity contribution in [1.29, 1.82) is 0 Å². The van der Waals surface area contributed by atoms with Crippen molar-refractivity contribution in [3.63, 3.8) is 0 Å². The van der Waals surface area contributed by atoms with Gasteiger partial charge in [-0.15, -0.1) is 0 Å². The van der Waals surface area contributed by atoms with E-state index in [1.807, 2.05) is 0 Å². The van der Waals surface area contributed by atoms with E-state index in [1.54, 1.807) is 0 Å². The van der Waals surface area contributed by atoms with Gasteiger partial charge in [0.05, 0.1) is 0 Å². The number of hydrogen-bond donors (Lipinski definition) is 0. The van der Waals surface area contributed by atoms with Crippen molar-refractivity contribution in [3.05, 3.63) is 4.91 Å². The molecule has 0 N–H and O–H groups in total. The summed E-state index contributed by atoms with van der Waals surface area (Å²) in [4.78, 5) is 10.5. The van der Waals surface area contributed by atoms with E-state index in [-0.39, 0.29) is 25.3 Å². The number of halogens is 1. The zero-order valence-corrected chi connectivity index (χ0v) is 9.81. The standard InChI is InChI=1S/C10H15INO/c13-12-10-4-3-8-6-1-2-7(6)9(8)5-11-10/h6-10H,1-5H2/q-1/t6?,7?,8?,9?,10-/m1/s1. The second-order valence-corrected chi connectivity index (χ2v) is 7.86. The number of alkyl halides is 2. The molecule has 1 saturated heterocycles. The molecule has 0 amide bonds. The molecule has 0 aromatic heterocycles. The fourth-order valence-corrected chi connectivity index (χ4v) is 6.90. The number of nitroso groups, excluding NO2 is 1. The molecule has 3 aliphatic rings. The Balaban J connectivity index is 1.68. The van der Waals surface area contributed by atoms with Crippen LogP contribution in [0.3, 0.4) is 0 Å². The second kappa shape index (κ2) is 3.17. The Morgan fingerprint density at radius 3 is 2.15 bits per heavy atom. The van der Waals surface area contributed by atoms with Crippen LogP contribution in [0.1, 0.15) is 25.7 Å². The van der Waals surface area contributed by atoms with Crippen LogP contribution in [0.25, 0.3) is 0 Å². The van der Waals surface area contributed by atoms with E-state index in [9.17, 15) is 4.91 Å². The van der Waals surface area contributed by atoms with Gasteiger partial charge in [-0.2, -0.15) is 0 Å². The van der Waals surface area contributed by atoms with Gasteiger partial charge in [0.1, 0.15) is 0 Å². The van der Waals surface area contributed by atoms with Crippen LogP contribution in [0, 0.1) is 28.6 Å². The van der Waals surface area contributed by atoms with E-state index in [4.69, 9.17) is 0 Å². The first-order valence-corrected chi connectivity index (χ1v) is 8.07. The van der Waals surface area contributed by atoms with Crippen molar-refractivity contribution in [2.24, 2.45) is 28.8 Å². The van der Waals surface area contributed by atoms with Crippen molar-refractivity contribution in [1.82, 2.24) is 0 Å². The number of hydrogen-bond acceptors (Lipinski definition) is 2. The third-order valence-electron chi connectivity index (χ3n) is 4.33. The molecule has 3 rings (SSSR count). The molecule has 2 aliphatic carbocycles. The SMILES string of the molecule is O=N[C@@H]1CCC2C3CCC3C2C[I-]1. The molecule has 5 atom stereocenters. The van der Waals surface area contributed by atoms with Crippen LogP contribution in [0.5, 0.6) is 0 Å². The molecule has 0 radical (unpaired) electrons. The third kappa shape index (κ3) is 1.18. The van der Waals surface area contributed by atoms with Crippen LogP contribution in [0.4, 0.5) is 0 Å². The molecule has 13 heavy (non-hydrogen) atoms. The first-order chi connectivity index (χ1) is 6.40. The summed E-state index contributed by atoms with van der Waals surface area (Å²) in [5.74, 6) is 4.23. The van der Waals surface area contributed by atoms with Crippen molar-refractivity contribution in [2.75, 3.05) is 4.43 Å². The topological polar surface area (TPSA) is 29.4 Å². The molecule has 3 fully saturated rings. The van der Waals surface area contributed by atoms with Gasteiger partial charge in [-0.1, -0.05) is 0 Å². The Labute approximate surface area is 89.1 Å². The van der Waals surface area contributed by atoms with E-state index in [0.717, 1.165) is 30.1 Å². The van der Waals surface area contributed by atoms with Crippen LogP contribution >= 0.6 is 0 Å². The average Bonchev–Trinajstić information content (AvgIpc) is 2.27. The van der Waals surface area contributed by atoms with Crippen LogP contribution < -0.4 is 21.2 Å². The number of nitrogens with zero attached hydrogens (tertiary/aromatic N) is 1. The van der Waals surface area contributed by atoms with Gasteiger partial charge in [-0.3, -0.25) is 0 Å². The minimum atomic E-state index is 0.113. The van der Waals surface area contributed by atoms with Gasteiger partial charge in [0.15, 0.2) is 0 Å². The Morgan fingerprint density at radius 2 is 1.54 bits per heavy atom. The van der Waals surface area contributed by atoms with E-state index >= 15 is 0 Å². The second-order valence-electron chi connectivity index (χ2n) is 4.66. The van der Waals surface area contributed by atoms with Gasteiger partial charge in [0, 0.05) is 0 Å². The molecule has 0 spiro atoms. The fourth-order valence-electron chi connectivity index (χ4n) is 3.45. The summed E-state index contributed by atoms with van der Waals surface area (Å²) in [6, 6.07) is 0. The van der Waals surface area contributed by atoms with Gasteiger partial charge < -0.3 is 0 Å². The Hall–Kier alpha value is 0.330.